The molecule has 1 aliphatic rings. The maximum Gasteiger partial charge on any atom is 0.221 e. The molecule has 104 valence electrons. The normalized spacial score (nSPS) is 23.0. The Morgan fingerprint density at radius 3 is 2.58 bits per heavy atom. The van der Waals surface area contributed by atoms with E-state index in [4.69, 9.17) is 0 Å². The third-order valence-corrected chi connectivity index (χ3v) is 4.42. The summed E-state index contributed by atoms with van der Waals surface area (Å²) in [7, 11) is 0. The van der Waals surface area contributed by atoms with E-state index in [-0.39, 0.29) is 18.1 Å². The van der Waals surface area contributed by atoms with Gasteiger partial charge in [0.15, 0.2) is 0 Å². The second-order valence-electron chi connectivity index (χ2n) is 4.98. The second kappa shape index (κ2) is 7.56. The summed E-state index contributed by atoms with van der Waals surface area (Å²) in [5.41, 5.74) is 0. The van der Waals surface area contributed by atoms with Crippen LogP contribution in [0.3, 0.4) is 0 Å². The standard InChI is InChI=1S/C15H21NO2S/c17-13-8-6-12(7-9-13)16-15(18)10-11-19-14-4-2-1-3-5-14/h1-5,12-13,17H,6-11H2,(H,16,18). The van der Waals surface area contributed by atoms with Crippen LogP contribution in [0, 0.1) is 0 Å². The van der Waals surface area contributed by atoms with Crippen molar-refractivity contribution in [2.75, 3.05) is 5.75 Å². The Hall–Kier alpha value is -1.00. The predicted molar refractivity (Wildman–Crippen MR) is 78.2 cm³/mol. The van der Waals surface area contributed by atoms with Gasteiger partial charge in [0.25, 0.3) is 0 Å². The van der Waals surface area contributed by atoms with Gasteiger partial charge in [0, 0.05) is 23.1 Å². The average Bonchev–Trinajstić information content (AvgIpc) is 2.43. The van der Waals surface area contributed by atoms with E-state index in [2.05, 4.69) is 17.4 Å². The van der Waals surface area contributed by atoms with Crippen molar-refractivity contribution < 1.29 is 9.90 Å². The van der Waals surface area contributed by atoms with Crippen LogP contribution in [0.5, 0.6) is 0 Å². The van der Waals surface area contributed by atoms with Gasteiger partial charge in [-0.1, -0.05) is 18.2 Å². The fourth-order valence-corrected chi connectivity index (χ4v) is 3.17. The fourth-order valence-electron chi connectivity index (χ4n) is 2.30. The highest BCUT2D eigenvalue weighted by Gasteiger charge is 2.20. The average molecular weight is 279 g/mol. The molecule has 0 aromatic heterocycles. The van der Waals surface area contributed by atoms with Crippen LogP contribution in [0.1, 0.15) is 32.1 Å². The monoisotopic (exact) mass is 279 g/mol. The second-order valence-corrected chi connectivity index (χ2v) is 6.15. The molecule has 1 amide bonds. The third-order valence-electron chi connectivity index (χ3n) is 3.40. The molecule has 1 aliphatic carbocycles. The van der Waals surface area contributed by atoms with E-state index in [9.17, 15) is 9.90 Å². The first-order chi connectivity index (χ1) is 9.24. The quantitative estimate of drug-likeness (QED) is 0.815. The van der Waals surface area contributed by atoms with Gasteiger partial charge in [-0.2, -0.15) is 0 Å². The number of hydrogen-bond acceptors (Lipinski definition) is 3. The molecule has 0 saturated heterocycles. The van der Waals surface area contributed by atoms with Crippen LogP contribution in [0.4, 0.5) is 0 Å². The van der Waals surface area contributed by atoms with Crippen LogP contribution < -0.4 is 5.32 Å². The lowest BCUT2D eigenvalue weighted by Crippen LogP contribution is -2.38. The molecule has 1 saturated carbocycles. The minimum Gasteiger partial charge on any atom is -0.393 e. The van der Waals surface area contributed by atoms with Gasteiger partial charge >= 0.3 is 0 Å². The summed E-state index contributed by atoms with van der Waals surface area (Å²) in [5, 5.41) is 12.5. The van der Waals surface area contributed by atoms with E-state index in [0.29, 0.717) is 6.42 Å². The lowest BCUT2D eigenvalue weighted by Gasteiger charge is -2.26. The Balaban J connectivity index is 1.62. The summed E-state index contributed by atoms with van der Waals surface area (Å²) in [6.07, 6.45) is 3.81. The van der Waals surface area contributed by atoms with E-state index in [1.165, 1.54) is 4.90 Å². The van der Waals surface area contributed by atoms with Gasteiger partial charge in [0.1, 0.15) is 0 Å². The summed E-state index contributed by atoms with van der Waals surface area (Å²) in [4.78, 5) is 13.0. The van der Waals surface area contributed by atoms with Crippen molar-refractivity contribution in [3.63, 3.8) is 0 Å². The molecule has 2 rings (SSSR count). The van der Waals surface area contributed by atoms with E-state index >= 15 is 0 Å². The molecular formula is C15H21NO2S. The SMILES string of the molecule is O=C(CCSc1ccccc1)NC1CCC(O)CC1. The first kappa shape index (κ1) is 14.4. The molecule has 0 aliphatic heterocycles. The topological polar surface area (TPSA) is 49.3 Å². The largest absolute Gasteiger partial charge is 0.393 e. The first-order valence-electron chi connectivity index (χ1n) is 6.89. The Bertz CT molecular complexity index is 388. The lowest BCUT2D eigenvalue weighted by molar-refractivity contribution is -0.121. The molecule has 0 radical (unpaired) electrons. The number of aliphatic hydroxyl groups excluding tert-OH is 1. The van der Waals surface area contributed by atoms with Crippen LogP contribution in [0.25, 0.3) is 0 Å². The Morgan fingerprint density at radius 1 is 1.21 bits per heavy atom. The number of carbonyl (C=O) groups is 1. The highest BCUT2D eigenvalue weighted by atomic mass is 32.2. The zero-order chi connectivity index (χ0) is 13.5. The smallest absolute Gasteiger partial charge is 0.221 e. The zero-order valence-corrected chi connectivity index (χ0v) is 11.9. The number of aliphatic hydroxyl groups is 1. The van der Waals surface area contributed by atoms with Crippen LogP contribution in [-0.4, -0.2) is 28.9 Å². The van der Waals surface area contributed by atoms with E-state index < -0.39 is 0 Å². The molecule has 0 spiro atoms. The molecule has 1 aromatic carbocycles. The maximum atomic E-state index is 11.8. The number of benzene rings is 1. The van der Waals surface area contributed by atoms with Crippen molar-refractivity contribution in [2.45, 2.75) is 49.1 Å². The molecule has 0 heterocycles. The van der Waals surface area contributed by atoms with Crippen LogP contribution in [-0.2, 0) is 4.79 Å². The number of amides is 1. The van der Waals surface area contributed by atoms with Crippen LogP contribution in [0.2, 0.25) is 0 Å². The van der Waals surface area contributed by atoms with Gasteiger partial charge in [0.2, 0.25) is 5.91 Å². The van der Waals surface area contributed by atoms with Gasteiger partial charge in [-0.25, -0.2) is 0 Å². The van der Waals surface area contributed by atoms with Crippen molar-refractivity contribution >= 4 is 17.7 Å². The van der Waals surface area contributed by atoms with Gasteiger partial charge < -0.3 is 10.4 Å². The van der Waals surface area contributed by atoms with Gasteiger partial charge in [-0.15, -0.1) is 11.8 Å². The minimum atomic E-state index is -0.165. The zero-order valence-electron chi connectivity index (χ0n) is 11.0. The number of rotatable bonds is 5. The van der Waals surface area contributed by atoms with Crippen LogP contribution in [0.15, 0.2) is 35.2 Å². The Morgan fingerprint density at radius 2 is 1.89 bits per heavy atom. The minimum absolute atomic E-state index is 0.129. The lowest BCUT2D eigenvalue weighted by atomic mass is 9.93. The predicted octanol–water partition coefficient (Wildman–Crippen LogP) is 2.59. The summed E-state index contributed by atoms with van der Waals surface area (Å²) < 4.78 is 0. The van der Waals surface area contributed by atoms with Crippen molar-refractivity contribution in [3.8, 4) is 0 Å². The summed E-state index contributed by atoms with van der Waals surface area (Å²) in [6.45, 7) is 0. The maximum absolute atomic E-state index is 11.8. The van der Waals surface area contributed by atoms with Gasteiger partial charge in [0.05, 0.1) is 6.10 Å². The van der Waals surface area contributed by atoms with E-state index in [1.807, 2.05) is 18.2 Å². The van der Waals surface area contributed by atoms with Gasteiger partial charge in [-0.05, 0) is 37.8 Å². The highest BCUT2D eigenvalue weighted by Crippen LogP contribution is 2.20. The first-order valence-corrected chi connectivity index (χ1v) is 7.88. The number of carbonyl (C=O) groups excluding carboxylic acids is 1. The van der Waals surface area contributed by atoms with Crippen molar-refractivity contribution in [1.29, 1.82) is 0 Å². The molecular weight excluding hydrogens is 258 g/mol. The van der Waals surface area contributed by atoms with Crippen molar-refractivity contribution in [1.82, 2.24) is 5.32 Å². The Kier molecular flexibility index (Phi) is 5.73. The summed E-state index contributed by atoms with van der Waals surface area (Å²) >= 11 is 1.71. The number of nitrogens with one attached hydrogen (secondary N) is 1. The van der Waals surface area contributed by atoms with Crippen molar-refractivity contribution in [3.05, 3.63) is 30.3 Å². The third kappa shape index (κ3) is 5.25. The molecule has 19 heavy (non-hydrogen) atoms. The molecule has 0 unspecified atom stereocenters. The molecule has 1 fully saturated rings. The van der Waals surface area contributed by atoms with E-state index in [0.717, 1.165) is 31.4 Å². The van der Waals surface area contributed by atoms with Crippen molar-refractivity contribution in [2.24, 2.45) is 0 Å². The molecule has 3 nitrogen and oxygen atoms in total. The summed E-state index contributed by atoms with van der Waals surface area (Å²) in [6, 6.07) is 10.4. The van der Waals surface area contributed by atoms with E-state index in [1.54, 1.807) is 11.8 Å². The Labute approximate surface area is 118 Å². The molecule has 0 atom stereocenters. The molecule has 2 N–H and O–H groups in total. The molecule has 0 bridgehead atoms. The number of hydrogen-bond donors (Lipinski definition) is 2. The number of thioether (sulfide) groups is 1. The highest BCUT2D eigenvalue weighted by molar-refractivity contribution is 7.99. The van der Waals surface area contributed by atoms with Gasteiger partial charge in [-0.3, -0.25) is 4.79 Å². The molecule has 4 heteroatoms. The molecule has 1 aromatic rings. The van der Waals surface area contributed by atoms with Crippen LogP contribution >= 0.6 is 11.8 Å². The fraction of sp³-hybridized carbons (Fsp3) is 0.533. The summed E-state index contributed by atoms with van der Waals surface area (Å²) in [5.74, 6) is 0.940.